The molecule has 4 aromatic rings. The Morgan fingerprint density at radius 2 is 1.56 bits per heavy atom. The van der Waals surface area contributed by atoms with Gasteiger partial charge in [-0.05, 0) is 34.5 Å². The lowest BCUT2D eigenvalue weighted by Crippen LogP contribution is -2.10. The molecule has 0 bridgehead atoms. The number of hydrogen-bond donors (Lipinski definition) is 2. The van der Waals surface area contributed by atoms with Crippen LogP contribution in [0.15, 0.2) is 78.9 Å². The van der Waals surface area contributed by atoms with Crippen molar-refractivity contribution >= 4 is 27.5 Å². The second-order valence-corrected chi connectivity index (χ2v) is 6.41. The van der Waals surface area contributed by atoms with Crippen LogP contribution in [0, 0.1) is 0 Å². The topological polar surface area (TPSA) is 66.8 Å². The highest BCUT2D eigenvalue weighted by Gasteiger charge is 2.14. The summed E-state index contributed by atoms with van der Waals surface area (Å²) in [5.41, 5.74) is 0.972. The lowest BCUT2D eigenvalue weighted by atomic mass is 10.00. The van der Waals surface area contributed by atoms with E-state index in [1.165, 1.54) is 0 Å². The van der Waals surface area contributed by atoms with Crippen molar-refractivity contribution in [3.8, 4) is 5.75 Å². The van der Waals surface area contributed by atoms with E-state index in [1.807, 2.05) is 60.7 Å². The van der Waals surface area contributed by atoms with Gasteiger partial charge in [-0.1, -0.05) is 60.7 Å². The van der Waals surface area contributed by atoms with E-state index in [-0.39, 0.29) is 12.2 Å². The number of carboxylic acid groups (broad SMARTS) is 1. The Labute approximate surface area is 156 Å². The first-order valence-corrected chi connectivity index (χ1v) is 8.68. The molecule has 2 N–H and O–H groups in total. The predicted octanol–water partition coefficient (Wildman–Crippen LogP) is 4.80. The third kappa shape index (κ3) is 3.35. The molecule has 0 heterocycles. The summed E-state index contributed by atoms with van der Waals surface area (Å²) in [6.07, 6.45) is -0.775. The zero-order valence-electron chi connectivity index (χ0n) is 14.5. The summed E-state index contributed by atoms with van der Waals surface area (Å²) in [7, 11) is 0. The summed E-state index contributed by atoms with van der Waals surface area (Å²) in [6, 6.07) is 24.1. The minimum absolute atomic E-state index is 0.0738. The second-order valence-electron chi connectivity index (χ2n) is 6.41. The van der Waals surface area contributed by atoms with Crippen molar-refractivity contribution in [2.75, 3.05) is 6.61 Å². The second kappa shape index (κ2) is 7.09. The van der Waals surface area contributed by atoms with E-state index in [1.54, 1.807) is 18.2 Å². The van der Waals surface area contributed by atoms with Gasteiger partial charge in [-0.3, -0.25) is 0 Å². The van der Waals surface area contributed by atoms with Gasteiger partial charge in [0, 0.05) is 10.8 Å². The molecule has 0 aliphatic heterocycles. The molecule has 0 aromatic heterocycles. The first kappa shape index (κ1) is 17.1. The van der Waals surface area contributed by atoms with Crippen LogP contribution in [0.3, 0.4) is 0 Å². The molecule has 1 atom stereocenters. The van der Waals surface area contributed by atoms with E-state index in [0.717, 1.165) is 21.7 Å². The summed E-state index contributed by atoms with van der Waals surface area (Å²) in [6.45, 7) is 0.0738. The number of aromatic carboxylic acids is 1. The smallest absolute Gasteiger partial charge is 0.335 e. The van der Waals surface area contributed by atoms with Gasteiger partial charge in [0.1, 0.15) is 18.5 Å². The maximum atomic E-state index is 11.4. The minimum Gasteiger partial charge on any atom is -0.489 e. The average Bonchev–Trinajstić information content (AvgIpc) is 2.71. The van der Waals surface area contributed by atoms with Gasteiger partial charge in [-0.15, -0.1) is 0 Å². The molecule has 0 fully saturated rings. The highest BCUT2D eigenvalue weighted by atomic mass is 16.5. The number of hydrogen-bond acceptors (Lipinski definition) is 3. The SMILES string of the molecule is O=C(O)c1ccc2cc3ccccc3c(OCC(O)c3ccccc3)c2c1. The van der Waals surface area contributed by atoms with Crippen LogP contribution in [-0.2, 0) is 0 Å². The number of aliphatic hydroxyl groups is 1. The van der Waals surface area contributed by atoms with Crippen LogP contribution in [-0.4, -0.2) is 22.8 Å². The normalized spacial score (nSPS) is 12.2. The van der Waals surface area contributed by atoms with E-state index < -0.39 is 12.1 Å². The van der Waals surface area contributed by atoms with Gasteiger partial charge in [0.15, 0.2) is 0 Å². The average molecular weight is 358 g/mol. The molecule has 0 aliphatic rings. The van der Waals surface area contributed by atoms with Crippen LogP contribution in [0.25, 0.3) is 21.5 Å². The maximum absolute atomic E-state index is 11.4. The molecule has 0 saturated heterocycles. The van der Waals surface area contributed by atoms with Crippen LogP contribution < -0.4 is 4.74 Å². The van der Waals surface area contributed by atoms with Crippen LogP contribution in [0.5, 0.6) is 5.75 Å². The van der Waals surface area contributed by atoms with Crippen molar-refractivity contribution in [3.05, 3.63) is 90.0 Å². The third-order valence-corrected chi connectivity index (χ3v) is 4.63. The molecule has 0 saturated carbocycles. The standard InChI is InChI=1S/C23H18O4/c24-21(15-6-2-1-3-7-15)14-27-22-19-9-5-4-8-16(19)12-17-10-11-18(23(25)26)13-20(17)22/h1-13,21,24H,14H2,(H,25,26). The molecule has 0 amide bonds. The molecule has 0 aliphatic carbocycles. The van der Waals surface area contributed by atoms with E-state index in [9.17, 15) is 15.0 Å². The highest BCUT2D eigenvalue weighted by Crippen LogP contribution is 2.36. The Morgan fingerprint density at radius 1 is 0.852 bits per heavy atom. The highest BCUT2D eigenvalue weighted by molar-refractivity contribution is 6.07. The lowest BCUT2D eigenvalue weighted by Gasteiger charge is -2.16. The lowest BCUT2D eigenvalue weighted by molar-refractivity contribution is 0.0697. The molecule has 134 valence electrons. The zero-order valence-corrected chi connectivity index (χ0v) is 14.5. The van der Waals surface area contributed by atoms with E-state index in [4.69, 9.17) is 4.74 Å². The molecule has 1 unspecified atom stereocenters. The fourth-order valence-corrected chi connectivity index (χ4v) is 3.24. The number of carboxylic acids is 1. The molecule has 27 heavy (non-hydrogen) atoms. The number of carbonyl (C=O) groups is 1. The van der Waals surface area contributed by atoms with Crippen molar-refractivity contribution in [3.63, 3.8) is 0 Å². The summed E-state index contributed by atoms with van der Waals surface area (Å²) >= 11 is 0. The Kier molecular flexibility index (Phi) is 4.48. The van der Waals surface area contributed by atoms with Gasteiger partial charge < -0.3 is 14.9 Å². The van der Waals surface area contributed by atoms with Crippen LogP contribution in [0.1, 0.15) is 22.0 Å². The molecule has 4 heteroatoms. The summed E-state index contributed by atoms with van der Waals surface area (Å²) in [4.78, 5) is 11.4. The van der Waals surface area contributed by atoms with Gasteiger partial charge in [0.25, 0.3) is 0 Å². The minimum atomic E-state index is -0.986. The van der Waals surface area contributed by atoms with Crippen molar-refractivity contribution in [2.24, 2.45) is 0 Å². The van der Waals surface area contributed by atoms with Gasteiger partial charge in [0.05, 0.1) is 5.56 Å². The molecular formula is C23H18O4. The van der Waals surface area contributed by atoms with Crippen molar-refractivity contribution in [2.45, 2.75) is 6.10 Å². The van der Waals surface area contributed by atoms with Crippen LogP contribution >= 0.6 is 0 Å². The zero-order chi connectivity index (χ0) is 18.8. The quantitative estimate of drug-likeness (QED) is 0.503. The Morgan fingerprint density at radius 3 is 2.33 bits per heavy atom. The number of benzene rings is 4. The number of rotatable bonds is 5. The number of fused-ring (bicyclic) bond motifs is 2. The fraction of sp³-hybridized carbons (Fsp3) is 0.0870. The molecule has 0 spiro atoms. The Bertz CT molecular complexity index is 1120. The Hall–Kier alpha value is -3.37. The number of ether oxygens (including phenoxy) is 1. The predicted molar refractivity (Wildman–Crippen MR) is 105 cm³/mol. The number of aliphatic hydroxyl groups excluding tert-OH is 1. The van der Waals surface area contributed by atoms with E-state index in [0.29, 0.717) is 11.1 Å². The third-order valence-electron chi connectivity index (χ3n) is 4.63. The summed E-state index contributed by atoms with van der Waals surface area (Å²) in [5, 5.41) is 23.3. The molecule has 4 aromatic carbocycles. The first-order valence-electron chi connectivity index (χ1n) is 8.68. The summed E-state index contributed by atoms with van der Waals surface area (Å²) in [5.74, 6) is -0.401. The van der Waals surface area contributed by atoms with Crippen molar-refractivity contribution in [1.29, 1.82) is 0 Å². The van der Waals surface area contributed by atoms with Crippen LogP contribution in [0.4, 0.5) is 0 Å². The van der Waals surface area contributed by atoms with Gasteiger partial charge in [-0.25, -0.2) is 4.79 Å². The van der Waals surface area contributed by atoms with Gasteiger partial charge in [0.2, 0.25) is 0 Å². The Balaban J connectivity index is 1.80. The monoisotopic (exact) mass is 358 g/mol. The van der Waals surface area contributed by atoms with Crippen molar-refractivity contribution < 1.29 is 19.7 Å². The van der Waals surface area contributed by atoms with E-state index in [2.05, 4.69) is 0 Å². The molecular weight excluding hydrogens is 340 g/mol. The van der Waals surface area contributed by atoms with Crippen LogP contribution in [0.2, 0.25) is 0 Å². The maximum Gasteiger partial charge on any atom is 0.335 e. The van der Waals surface area contributed by atoms with Crippen molar-refractivity contribution in [1.82, 2.24) is 0 Å². The fourth-order valence-electron chi connectivity index (χ4n) is 3.24. The molecule has 4 nitrogen and oxygen atoms in total. The summed E-state index contributed by atoms with van der Waals surface area (Å²) < 4.78 is 6.04. The first-order chi connectivity index (χ1) is 13.1. The van der Waals surface area contributed by atoms with Gasteiger partial charge in [-0.2, -0.15) is 0 Å². The molecule has 4 rings (SSSR count). The van der Waals surface area contributed by atoms with E-state index >= 15 is 0 Å². The largest absolute Gasteiger partial charge is 0.489 e. The molecule has 0 radical (unpaired) electrons. The van der Waals surface area contributed by atoms with Gasteiger partial charge >= 0.3 is 5.97 Å².